The van der Waals surface area contributed by atoms with Gasteiger partial charge in [-0.3, -0.25) is 9.59 Å². The molecule has 1 atom stereocenters. The van der Waals surface area contributed by atoms with Crippen LogP contribution in [-0.4, -0.2) is 36.9 Å². The summed E-state index contributed by atoms with van der Waals surface area (Å²) in [5.74, 6) is -1.04. The van der Waals surface area contributed by atoms with E-state index in [0.29, 0.717) is 17.9 Å². The molecule has 0 radical (unpaired) electrons. The predicted molar refractivity (Wildman–Crippen MR) is 85.3 cm³/mol. The average Bonchev–Trinajstić information content (AvgIpc) is 2.50. The number of hydrogen-bond donors (Lipinski definition) is 1. The Labute approximate surface area is 136 Å². The van der Waals surface area contributed by atoms with Gasteiger partial charge < -0.3 is 14.8 Å². The lowest BCUT2D eigenvalue weighted by molar-refractivity contribution is -0.150. The van der Waals surface area contributed by atoms with Crippen molar-refractivity contribution in [2.45, 2.75) is 33.7 Å². The molecule has 1 aromatic rings. The fraction of sp³-hybridized carbons (Fsp3) is 0.471. The molecule has 0 fully saturated rings. The Kier molecular flexibility index (Phi) is 7.25. The van der Waals surface area contributed by atoms with Crippen molar-refractivity contribution in [1.82, 2.24) is 5.32 Å². The van der Waals surface area contributed by atoms with Crippen molar-refractivity contribution in [3.63, 3.8) is 0 Å². The Morgan fingerprint density at radius 3 is 2.39 bits per heavy atom. The van der Waals surface area contributed by atoms with E-state index in [1.54, 1.807) is 38.1 Å². The number of amides is 1. The van der Waals surface area contributed by atoms with Crippen molar-refractivity contribution in [2.24, 2.45) is 5.92 Å². The van der Waals surface area contributed by atoms with Crippen LogP contribution < -0.4 is 10.1 Å². The van der Waals surface area contributed by atoms with Crippen LogP contribution in [0.25, 0.3) is 0 Å². The molecule has 0 aliphatic heterocycles. The first kappa shape index (κ1) is 18.7. The summed E-state index contributed by atoms with van der Waals surface area (Å²) >= 11 is 0. The Bertz CT molecular complexity index is 568. The zero-order valence-corrected chi connectivity index (χ0v) is 13.9. The summed E-state index contributed by atoms with van der Waals surface area (Å²) in [5.41, 5.74) is 0.347. The van der Waals surface area contributed by atoms with Gasteiger partial charge in [-0.15, -0.1) is 0 Å². The quantitative estimate of drug-likeness (QED) is 0.740. The highest BCUT2D eigenvalue weighted by molar-refractivity contribution is 5.99. The molecule has 0 unspecified atom stereocenters. The minimum atomic E-state index is -0.837. The zero-order chi connectivity index (χ0) is 17.4. The van der Waals surface area contributed by atoms with Gasteiger partial charge in [-0.1, -0.05) is 26.0 Å². The van der Waals surface area contributed by atoms with Crippen LogP contribution in [0, 0.1) is 5.92 Å². The Balaban J connectivity index is 2.86. The zero-order valence-electron chi connectivity index (χ0n) is 13.9. The summed E-state index contributed by atoms with van der Waals surface area (Å²) in [4.78, 5) is 35.4. The van der Waals surface area contributed by atoms with Crippen LogP contribution >= 0.6 is 0 Å². The molecule has 0 bridgehead atoms. The molecule has 23 heavy (non-hydrogen) atoms. The molecule has 1 aromatic carbocycles. The molecule has 0 saturated heterocycles. The molecular formula is C17H23NO5. The number of benzene rings is 1. The van der Waals surface area contributed by atoms with Crippen molar-refractivity contribution in [3.8, 4) is 5.75 Å². The van der Waals surface area contributed by atoms with Gasteiger partial charge in [0.1, 0.15) is 18.4 Å². The fourth-order valence-electron chi connectivity index (χ4n) is 1.91. The molecule has 6 heteroatoms. The van der Waals surface area contributed by atoms with E-state index in [-0.39, 0.29) is 18.3 Å². The van der Waals surface area contributed by atoms with Crippen LogP contribution in [0.2, 0.25) is 0 Å². The molecule has 6 nitrogen and oxygen atoms in total. The molecule has 0 aromatic heterocycles. The molecule has 1 N–H and O–H groups in total. The third kappa shape index (κ3) is 5.73. The second-order valence-corrected chi connectivity index (χ2v) is 5.43. The van der Waals surface area contributed by atoms with Crippen LogP contribution in [0.3, 0.4) is 0 Å². The predicted octanol–water partition coefficient (Wildman–Crippen LogP) is 1.97. The number of para-hydroxylation sites is 1. The van der Waals surface area contributed by atoms with E-state index < -0.39 is 17.9 Å². The maximum atomic E-state index is 12.4. The van der Waals surface area contributed by atoms with Gasteiger partial charge in [0.25, 0.3) is 5.91 Å². The van der Waals surface area contributed by atoms with Gasteiger partial charge in [0.05, 0.1) is 12.2 Å². The van der Waals surface area contributed by atoms with Gasteiger partial charge in [-0.05, 0) is 31.9 Å². The Morgan fingerprint density at radius 1 is 1.17 bits per heavy atom. The van der Waals surface area contributed by atoms with Gasteiger partial charge in [-0.2, -0.15) is 0 Å². The van der Waals surface area contributed by atoms with Crippen LogP contribution in [-0.2, 0) is 14.3 Å². The molecule has 0 spiro atoms. The standard InChI is InChI=1S/C17H23NO5/c1-5-22-14-9-7-6-8-13(14)16(20)18-15(11(2)3)17(21)23-10-12(4)19/h6-9,11,15H,5,10H2,1-4H3,(H,18,20)/t15-/m0/s1. The van der Waals surface area contributed by atoms with E-state index in [9.17, 15) is 14.4 Å². The van der Waals surface area contributed by atoms with E-state index in [2.05, 4.69) is 5.32 Å². The number of esters is 1. The maximum Gasteiger partial charge on any atom is 0.329 e. The number of carbonyl (C=O) groups is 3. The van der Waals surface area contributed by atoms with E-state index in [4.69, 9.17) is 9.47 Å². The number of ether oxygens (including phenoxy) is 2. The van der Waals surface area contributed by atoms with Crippen molar-refractivity contribution in [1.29, 1.82) is 0 Å². The van der Waals surface area contributed by atoms with Gasteiger partial charge in [0.2, 0.25) is 0 Å². The molecule has 0 heterocycles. The molecule has 0 aliphatic rings. The van der Waals surface area contributed by atoms with Crippen LogP contribution in [0.1, 0.15) is 38.1 Å². The van der Waals surface area contributed by atoms with E-state index in [0.717, 1.165) is 0 Å². The number of Topliss-reactive ketones (excluding diaryl/α,β-unsaturated/α-hetero) is 1. The first-order valence-corrected chi connectivity index (χ1v) is 7.55. The lowest BCUT2D eigenvalue weighted by Crippen LogP contribution is -2.45. The van der Waals surface area contributed by atoms with Crippen molar-refractivity contribution in [3.05, 3.63) is 29.8 Å². The maximum absolute atomic E-state index is 12.4. The molecular weight excluding hydrogens is 298 g/mol. The normalized spacial score (nSPS) is 11.7. The smallest absolute Gasteiger partial charge is 0.329 e. The highest BCUT2D eigenvalue weighted by Gasteiger charge is 2.27. The summed E-state index contributed by atoms with van der Waals surface area (Å²) in [6.07, 6.45) is 0. The number of carbonyl (C=O) groups excluding carboxylic acids is 3. The topological polar surface area (TPSA) is 81.7 Å². The summed E-state index contributed by atoms with van der Waals surface area (Å²) in [6, 6.07) is 5.96. The molecule has 1 amide bonds. The van der Waals surface area contributed by atoms with E-state index >= 15 is 0 Å². The lowest BCUT2D eigenvalue weighted by Gasteiger charge is -2.21. The van der Waals surface area contributed by atoms with Crippen LogP contribution in [0.5, 0.6) is 5.75 Å². The second kappa shape index (κ2) is 8.92. The van der Waals surface area contributed by atoms with Crippen molar-refractivity contribution >= 4 is 17.7 Å². The Morgan fingerprint density at radius 2 is 1.83 bits per heavy atom. The first-order valence-electron chi connectivity index (χ1n) is 7.55. The van der Waals surface area contributed by atoms with Gasteiger partial charge in [-0.25, -0.2) is 4.79 Å². The molecule has 0 aliphatic carbocycles. The first-order chi connectivity index (χ1) is 10.9. The lowest BCUT2D eigenvalue weighted by atomic mass is 10.0. The molecule has 126 valence electrons. The summed E-state index contributed by atoms with van der Waals surface area (Å²) < 4.78 is 10.3. The highest BCUT2D eigenvalue weighted by atomic mass is 16.5. The van der Waals surface area contributed by atoms with Crippen molar-refractivity contribution < 1.29 is 23.9 Å². The number of hydrogen-bond acceptors (Lipinski definition) is 5. The summed E-state index contributed by atoms with van der Waals surface area (Å²) in [7, 11) is 0. The third-order valence-electron chi connectivity index (χ3n) is 3.06. The number of nitrogens with one attached hydrogen (secondary N) is 1. The highest BCUT2D eigenvalue weighted by Crippen LogP contribution is 2.18. The minimum absolute atomic E-state index is 0.183. The minimum Gasteiger partial charge on any atom is -0.493 e. The van der Waals surface area contributed by atoms with E-state index in [1.807, 2.05) is 6.92 Å². The van der Waals surface area contributed by atoms with Gasteiger partial charge in [0.15, 0.2) is 5.78 Å². The summed E-state index contributed by atoms with van der Waals surface area (Å²) in [6.45, 7) is 6.86. The second-order valence-electron chi connectivity index (χ2n) is 5.43. The SMILES string of the molecule is CCOc1ccccc1C(=O)N[C@H](C(=O)OCC(C)=O)C(C)C. The number of ketones is 1. The van der Waals surface area contributed by atoms with Gasteiger partial charge >= 0.3 is 5.97 Å². The van der Waals surface area contributed by atoms with E-state index in [1.165, 1.54) is 6.92 Å². The van der Waals surface area contributed by atoms with Crippen molar-refractivity contribution in [2.75, 3.05) is 13.2 Å². The third-order valence-corrected chi connectivity index (χ3v) is 3.06. The summed E-state index contributed by atoms with van der Waals surface area (Å²) in [5, 5.41) is 2.65. The Hall–Kier alpha value is -2.37. The molecule has 0 saturated carbocycles. The largest absolute Gasteiger partial charge is 0.493 e. The van der Waals surface area contributed by atoms with Crippen LogP contribution in [0.15, 0.2) is 24.3 Å². The fourth-order valence-corrected chi connectivity index (χ4v) is 1.91. The van der Waals surface area contributed by atoms with Crippen LogP contribution in [0.4, 0.5) is 0 Å². The average molecular weight is 321 g/mol. The number of rotatable bonds is 8. The molecule has 1 rings (SSSR count). The monoisotopic (exact) mass is 321 g/mol. The van der Waals surface area contributed by atoms with Gasteiger partial charge in [0, 0.05) is 0 Å².